The van der Waals surface area contributed by atoms with Crippen LogP contribution in [0.15, 0.2) is 18.7 Å². The fourth-order valence-corrected chi connectivity index (χ4v) is 5.28. The summed E-state index contributed by atoms with van der Waals surface area (Å²) in [7, 11) is 0. The van der Waals surface area contributed by atoms with Gasteiger partial charge in [0.15, 0.2) is 0 Å². The highest BCUT2D eigenvalue weighted by molar-refractivity contribution is 7.13. The van der Waals surface area contributed by atoms with Crippen molar-refractivity contribution in [3.05, 3.63) is 34.3 Å². The van der Waals surface area contributed by atoms with E-state index in [2.05, 4.69) is 14.9 Å². The van der Waals surface area contributed by atoms with Crippen molar-refractivity contribution in [2.24, 2.45) is 0 Å². The Hall–Kier alpha value is -1.69. The molecule has 2 aliphatic carbocycles. The number of thiazole rings is 1. The lowest BCUT2D eigenvalue weighted by atomic mass is 10.1. The van der Waals surface area contributed by atoms with Gasteiger partial charge in [0.2, 0.25) is 0 Å². The van der Waals surface area contributed by atoms with E-state index in [1.54, 1.807) is 17.5 Å². The first-order valence-electron chi connectivity index (χ1n) is 8.98. The molecule has 2 fully saturated rings. The molecule has 5 nitrogen and oxygen atoms in total. The monoisotopic (exact) mass is 344 g/mol. The molecule has 2 aromatic heterocycles. The van der Waals surface area contributed by atoms with Crippen LogP contribution in [0.3, 0.4) is 0 Å². The Morgan fingerprint density at radius 1 is 1.25 bits per heavy atom. The van der Waals surface area contributed by atoms with Gasteiger partial charge >= 0.3 is 0 Å². The van der Waals surface area contributed by atoms with Crippen LogP contribution in [-0.4, -0.2) is 26.5 Å². The molecule has 0 bridgehead atoms. The van der Waals surface area contributed by atoms with Crippen molar-refractivity contribution in [1.82, 2.24) is 19.9 Å². The molecule has 2 aromatic rings. The molecule has 0 aromatic carbocycles. The molecule has 2 heterocycles. The number of carbonyl (C=O) groups excluding carboxylic acids is 1. The Morgan fingerprint density at radius 3 is 2.83 bits per heavy atom. The van der Waals surface area contributed by atoms with Crippen LogP contribution in [0.4, 0.5) is 0 Å². The molecular formula is C18H24N4OS. The zero-order valence-corrected chi connectivity index (χ0v) is 14.9. The van der Waals surface area contributed by atoms with Gasteiger partial charge in [0.25, 0.3) is 5.91 Å². The first kappa shape index (κ1) is 15.8. The second kappa shape index (κ2) is 6.67. The lowest BCUT2D eigenvalue weighted by Gasteiger charge is -2.21. The van der Waals surface area contributed by atoms with Gasteiger partial charge in [-0.2, -0.15) is 0 Å². The molecule has 1 amide bonds. The Morgan fingerprint density at radius 2 is 2.08 bits per heavy atom. The summed E-state index contributed by atoms with van der Waals surface area (Å²) >= 11 is 1.60. The summed E-state index contributed by atoms with van der Waals surface area (Å²) in [6, 6.07) is 0.502. The standard InChI is InChI=1S/C18H24N4OS/c1-12-16(24-18(20-12)13-5-2-3-6-13)17(23)21-14-7-4-8-15(14)22-10-9-19-11-22/h9-11,13-15H,2-8H2,1H3,(H,21,23). The number of aromatic nitrogens is 3. The molecule has 0 spiro atoms. The van der Waals surface area contributed by atoms with E-state index >= 15 is 0 Å². The summed E-state index contributed by atoms with van der Waals surface area (Å²) < 4.78 is 2.13. The number of nitrogens with one attached hydrogen (secondary N) is 1. The molecule has 2 aliphatic rings. The zero-order valence-electron chi connectivity index (χ0n) is 14.1. The number of carbonyl (C=O) groups is 1. The minimum atomic E-state index is 0.0475. The van der Waals surface area contributed by atoms with Crippen LogP contribution in [-0.2, 0) is 0 Å². The van der Waals surface area contributed by atoms with Gasteiger partial charge in [-0.15, -0.1) is 11.3 Å². The number of aryl methyl sites for hydroxylation is 1. The molecule has 0 aliphatic heterocycles. The molecule has 0 saturated heterocycles. The van der Waals surface area contributed by atoms with Crippen molar-refractivity contribution in [3.8, 4) is 0 Å². The topological polar surface area (TPSA) is 59.8 Å². The summed E-state index contributed by atoms with van der Waals surface area (Å²) in [6.45, 7) is 1.96. The van der Waals surface area contributed by atoms with Crippen molar-refractivity contribution in [2.75, 3.05) is 0 Å². The SMILES string of the molecule is Cc1nc(C2CCCC2)sc1C(=O)NC1CCCC1n1ccnc1. The van der Waals surface area contributed by atoms with Crippen LogP contribution in [0, 0.1) is 6.92 Å². The highest BCUT2D eigenvalue weighted by Gasteiger charge is 2.31. The van der Waals surface area contributed by atoms with Gasteiger partial charge in [-0.25, -0.2) is 9.97 Å². The molecule has 128 valence electrons. The summed E-state index contributed by atoms with van der Waals surface area (Å²) in [5.74, 6) is 0.617. The molecular weight excluding hydrogens is 320 g/mol. The highest BCUT2D eigenvalue weighted by atomic mass is 32.1. The zero-order chi connectivity index (χ0) is 16.5. The van der Waals surface area contributed by atoms with Gasteiger partial charge in [0.05, 0.1) is 23.1 Å². The number of hydrogen-bond donors (Lipinski definition) is 1. The molecule has 6 heteroatoms. The Kier molecular flexibility index (Phi) is 4.39. The fraction of sp³-hybridized carbons (Fsp3) is 0.611. The van der Waals surface area contributed by atoms with Crippen molar-refractivity contribution < 1.29 is 4.79 Å². The second-order valence-electron chi connectivity index (χ2n) is 7.04. The third-order valence-electron chi connectivity index (χ3n) is 5.43. The Labute approximate surface area is 146 Å². The Bertz CT molecular complexity index is 703. The van der Waals surface area contributed by atoms with Gasteiger partial charge in [-0.3, -0.25) is 4.79 Å². The lowest BCUT2D eigenvalue weighted by molar-refractivity contribution is 0.0932. The molecule has 0 radical (unpaired) electrons. The second-order valence-corrected chi connectivity index (χ2v) is 8.07. The van der Waals surface area contributed by atoms with Crippen molar-refractivity contribution >= 4 is 17.2 Å². The molecule has 2 atom stereocenters. The van der Waals surface area contributed by atoms with Gasteiger partial charge in [0.1, 0.15) is 4.88 Å². The molecule has 24 heavy (non-hydrogen) atoms. The van der Waals surface area contributed by atoms with E-state index in [-0.39, 0.29) is 11.9 Å². The van der Waals surface area contributed by atoms with Crippen LogP contribution in [0.25, 0.3) is 0 Å². The van der Waals surface area contributed by atoms with E-state index in [1.165, 1.54) is 25.7 Å². The van der Waals surface area contributed by atoms with Gasteiger partial charge in [0, 0.05) is 24.4 Å². The molecule has 1 N–H and O–H groups in total. The number of hydrogen-bond acceptors (Lipinski definition) is 4. The minimum absolute atomic E-state index is 0.0475. The largest absolute Gasteiger partial charge is 0.346 e. The maximum atomic E-state index is 12.8. The average Bonchev–Trinajstić information content (AvgIpc) is 3.34. The van der Waals surface area contributed by atoms with Gasteiger partial charge in [-0.1, -0.05) is 12.8 Å². The third kappa shape index (κ3) is 2.99. The average molecular weight is 344 g/mol. The van der Waals surface area contributed by atoms with Crippen LogP contribution >= 0.6 is 11.3 Å². The highest BCUT2D eigenvalue weighted by Crippen LogP contribution is 2.37. The number of imidazole rings is 1. The number of amides is 1. The van der Waals surface area contributed by atoms with E-state index in [9.17, 15) is 4.79 Å². The predicted octanol–water partition coefficient (Wildman–Crippen LogP) is 3.83. The molecule has 4 rings (SSSR count). The van der Waals surface area contributed by atoms with Gasteiger partial charge < -0.3 is 9.88 Å². The lowest BCUT2D eigenvalue weighted by Crippen LogP contribution is -2.38. The Balaban J connectivity index is 1.48. The van der Waals surface area contributed by atoms with Crippen LogP contribution < -0.4 is 5.32 Å². The summed E-state index contributed by atoms with van der Waals surface area (Å²) in [5.41, 5.74) is 0.886. The first-order chi connectivity index (χ1) is 11.7. The summed E-state index contributed by atoms with van der Waals surface area (Å²) in [4.78, 5) is 22.4. The maximum Gasteiger partial charge on any atom is 0.263 e. The summed E-state index contributed by atoms with van der Waals surface area (Å²) in [5, 5.41) is 4.42. The van der Waals surface area contributed by atoms with Crippen molar-refractivity contribution in [3.63, 3.8) is 0 Å². The van der Waals surface area contributed by atoms with E-state index < -0.39 is 0 Å². The van der Waals surface area contributed by atoms with E-state index in [4.69, 9.17) is 4.98 Å². The first-order valence-corrected chi connectivity index (χ1v) is 9.79. The van der Waals surface area contributed by atoms with Gasteiger partial charge in [-0.05, 0) is 39.0 Å². The third-order valence-corrected chi connectivity index (χ3v) is 6.75. The predicted molar refractivity (Wildman–Crippen MR) is 94.4 cm³/mol. The van der Waals surface area contributed by atoms with E-state index in [0.717, 1.165) is 34.8 Å². The summed E-state index contributed by atoms with van der Waals surface area (Å²) in [6.07, 6.45) is 13.9. The number of rotatable bonds is 4. The van der Waals surface area contributed by atoms with Crippen LogP contribution in [0.5, 0.6) is 0 Å². The smallest absolute Gasteiger partial charge is 0.263 e. The normalized spacial score (nSPS) is 24.5. The van der Waals surface area contributed by atoms with Crippen molar-refractivity contribution in [2.45, 2.75) is 69.9 Å². The van der Waals surface area contributed by atoms with Crippen LogP contribution in [0.1, 0.15) is 77.3 Å². The molecule has 2 saturated carbocycles. The van der Waals surface area contributed by atoms with E-state index in [0.29, 0.717) is 12.0 Å². The minimum Gasteiger partial charge on any atom is -0.346 e. The maximum absolute atomic E-state index is 12.8. The van der Waals surface area contributed by atoms with E-state index in [1.807, 2.05) is 19.4 Å². The van der Waals surface area contributed by atoms with Crippen LogP contribution in [0.2, 0.25) is 0 Å². The molecule has 2 unspecified atom stereocenters. The number of nitrogens with zero attached hydrogens (tertiary/aromatic N) is 3. The quantitative estimate of drug-likeness (QED) is 0.917. The fourth-order valence-electron chi connectivity index (χ4n) is 4.14. The van der Waals surface area contributed by atoms with Crippen molar-refractivity contribution in [1.29, 1.82) is 0 Å².